The number of nitrogens with zero attached hydrogens (tertiary/aromatic N) is 3. The Morgan fingerprint density at radius 2 is 1.51 bits per heavy atom. The molecule has 0 spiro atoms. The summed E-state index contributed by atoms with van der Waals surface area (Å²) < 4.78 is 73.8. The van der Waals surface area contributed by atoms with Gasteiger partial charge in [0.05, 0.1) is 18.8 Å². The van der Waals surface area contributed by atoms with Crippen LogP contribution in [0.3, 0.4) is 0 Å². The summed E-state index contributed by atoms with van der Waals surface area (Å²) in [6.07, 6.45) is -8.67. The van der Waals surface area contributed by atoms with Crippen LogP contribution in [0.5, 0.6) is 0 Å². The zero-order valence-corrected chi connectivity index (χ0v) is 20.4. The molecule has 39 heavy (non-hydrogen) atoms. The fourth-order valence-corrected chi connectivity index (χ4v) is 3.63. The third-order valence-electron chi connectivity index (χ3n) is 5.47. The van der Waals surface area contributed by atoms with E-state index in [-0.39, 0.29) is 11.9 Å². The fraction of sp³-hybridized carbons (Fsp3) is 0.619. The van der Waals surface area contributed by atoms with E-state index in [2.05, 4.69) is 9.80 Å². The summed E-state index contributed by atoms with van der Waals surface area (Å²) in [6.45, 7) is 4.86. The summed E-state index contributed by atoms with van der Waals surface area (Å²) in [6, 6.07) is 3.50. The number of carboxylic acids is 3. The van der Waals surface area contributed by atoms with Crippen molar-refractivity contribution < 1.29 is 70.0 Å². The molecule has 2 saturated heterocycles. The predicted molar refractivity (Wildman–Crippen MR) is 117 cm³/mol. The minimum Gasteiger partial charge on any atom is -0.481 e. The minimum absolute atomic E-state index is 0.105. The van der Waals surface area contributed by atoms with Crippen LogP contribution in [0.15, 0.2) is 22.8 Å². The molecule has 1 amide bonds. The van der Waals surface area contributed by atoms with Gasteiger partial charge in [0.25, 0.3) is 5.91 Å². The van der Waals surface area contributed by atoms with E-state index in [0.717, 1.165) is 6.54 Å². The lowest BCUT2D eigenvalue weighted by molar-refractivity contribution is -0.193. The number of aliphatic carboxylic acids is 3. The lowest BCUT2D eigenvalue weighted by Crippen LogP contribution is -2.57. The van der Waals surface area contributed by atoms with Crippen LogP contribution in [0.1, 0.15) is 10.6 Å². The van der Waals surface area contributed by atoms with Crippen LogP contribution in [-0.4, -0.2) is 132 Å². The quantitative estimate of drug-likeness (QED) is 0.432. The van der Waals surface area contributed by atoms with Crippen LogP contribution in [0.4, 0.5) is 26.3 Å². The smallest absolute Gasteiger partial charge is 0.481 e. The van der Waals surface area contributed by atoms with Crippen molar-refractivity contribution in [1.82, 2.24) is 14.7 Å². The van der Waals surface area contributed by atoms with Gasteiger partial charge < -0.3 is 29.4 Å². The van der Waals surface area contributed by atoms with Gasteiger partial charge >= 0.3 is 30.3 Å². The first-order valence-corrected chi connectivity index (χ1v) is 11.1. The number of fused-ring (bicyclic) bond motifs is 1. The van der Waals surface area contributed by atoms with Crippen molar-refractivity contribution in [3.8, 4) is 0 Å². The molecule has 3 N–H and O–H groups in total. The first kappa shape index (κ1) is 33.6. The van der Waals surface area contributed by atoms with Gasteiger partial charge in [-0.3, -0.25) is 19.4 Å². The third kappa shape index (κ3) is 11.5. The number of alkyl halides is 6. The maximum atomic E-state index is 12.5. The van der Waals surface area contributed by atoms with Crippen molar-refractivity contribution in [3.05, 3.63) is 24.2 Å². The molecule has 2 unspecified atom stereocenters. The highest BCUT2D eigenvalue weighted by Crippen LogP contribution is 2.20. The van der Waals surface area contributed by atoms with Gasteiger partial charge in [-0.1, -0.05) is 0 Å². The molecule has 0 aromatic carbocycles. The van der Waals surface area contributed by atoms with Crippen LogP contribution < -0.4 is 0 Å². The lowest BCUT2D eigenvalue weighted by atomic mass is 10.1. The SMILES string of the molecule is COCCN1CC(C(=O)O)CN2CCN(C(=O)c3ccco3)CC2C1.O=C(O)C(F)(F)F.O=C(O)C(F)(F)F. The summed E-state index contributed by atoms with van der Waals surface area (Å²) >= 11 is 0. The first-order chi connectivity index (χ1) is 18.0. The molecular formula is C21H27F6N3O9. The molecule has 0 saturated carbocycles. The highest BCUT2D eigenvalue weighted by atomic mass is 19.4. The Morgan fingerprint density at radius 3 is 1.95 bits per heavy atom. The zero-order valence-electron chi connectivity index (χ0n) is 20.4. The van der Waals surface area contributed by atoms with Crippen LogP contribution in [0, 0.1) is 5.92 Å². The summed E-state index contributed by atoms with van der Waals surface area (Å²) in [5.41, 5.74) is 0. The van der Waals surface area contributed by atoms with E-state index in [4.69, 9.17) is 29.0 Å². The van der Waals surface area contributed by atoms with Crippen molar-refractivity contribution in [2.24, 2.45) is 5.92 Å². The van der Waals surface area contributed by atoms with Crippen LogP contribution in [-0.2, 0) is 19.1 Å². The van der Waals surface area contributed by atoms with Crippen LogP contribution in [0.25, 0.3) is 0 Å². The van der Waals surface area contributed by atoms with Gasteiger partial charge in [-0.05, 0) is 12.1 Å². The van der Waals surface area contributed by atoms with E-state index in [1.807, 2.05) is 0 Å². The molecule has 2 aliphatic rings. The predicted octanol–water partition coefficient (Wildman–Crippen LogP) is 1.34. The number of piperazine rings is 1. The standard InChI is InChI=1S/C17H25N3O5.2C2HF3O2/c1-24-8-6-18-9-13(17(22)23)10-19-4-5-20(12-14(19)11-18)16(21)15-3-2-7-25-15;2*3-2(4,5)1(6)7/h2-3,7,13-14H,4-6,8-12H2,1H3,(H,22,23);2*(H,6,7). The number of ether oxygens (including phenoxy) is 1. The first-order valence-electron chi connectivity index (χ1n) is 11.1. The van der Waals surface area contributed by atoms with Gasteiger partial charge in [0.2, 0.25) is 0 Å². The molecule has 2 aliphatic heterocycles. The summed E-state index contributed by atoms with van der Waals surface area (Å²) in [4.78, 5) is 48.0. The Labute approximate surface area is 217 Å². The number of carbonyl (C=O) groups is 4. The third-order valence-corrected chi connectivity index (χ3v) is 5.47. The molecule has 0 aliphatic carbocycles. The molecule has 12 nitrogen and oxygen atoms in total. The topological polar surface area (TPSA) is 161 Å². The van der Waals surface area contributed by atoms with Gasteiger partial charge in [-0.2, -0.15) is 26.3 Å². The molecule has 3 rings (SSSR count). The maximum absolute atomic E-state index is 12.5. The minimum atomic E-state index is -5.08. The Balaban J connectivity index is 0.000000449. The van der Waals surface area contributed by atoms with E-state index in [9.17, 15) is 41.0 Å². The molecule has 18 heteroatoms. The average Bonchev–Trinajstić information content (AvgIpc) is 3.30. The van der Waals surface area contributed by atoms with Crippen molar-refractivity contribution in [2.75, 3.05) is 59.5 Å². The number of hydrogen-bond donors (Lipinski definition) is 3. The molecule has 1 aromatic rings. The van der Waals surface area contributed by atoms with Crippen LogP contribution >= 0.6 is 0 Å². The number of halogens is 6. The Morgan fingerprint density at radius 1 is 0.949 bits per heavy atom. The lowest BCUT2D eigenvalue weighted by Gasteiger charge is -2.41. The Kier molecular flexibility index (Phi) is 12.7. The van der Waals surface area contributed by atoms with Crippen molar-refractivity contribution in [2.45, 2.75) is 18.4 Å². The second-order valence-electron chi connectivity index (χ2n) is 8.27. The average molecular weight is 579 g/mol. The van der Waals surface area contributed by atoms with Gasteiger partial charge in [0, 0.05) is 59.0 Å². The second-order valence-corrected chi connectivity index (χ2v) is 8.27. The molecule has 3 heterocycles. The number of rotatable bonds is 5. The number of methoxy groups -OCH3 is 1. The van der Waals surface area contributed by atoms with E-state index in [0.29, 0.717) is 51.6 Å². The molecule has 0 bridgehead atoms. The highest BCUT2D eigenvalue weighted by Gasteiger charge is 2.39. The molecule has 222 valence electrons. The van der Waals surface area contributed by atoms with Gasteiger partial charge in [-0.25, -0.2) is 9.59 Å². The summed E-state index contributed by atoms with van der Waals surface area (Å²) in [5, 5.41) is 23.8. The number of furan rings is 1. The van der Waals surface area contributed by atoms with Gasteiger partial charge in [0.15, 0.2) is 5.76 Å². The van der Waals surface area contributed by atoms with Crippen molar-refractivity contribution in [1.29, 1.82) is 0 Å². The fourth-order valence-electron chi connectivity index (χ4n) is 3.63. The number of carboxylic acid groups (broad SMARTS) is 3. The number of carbonyl (C=O) groups excluding carboxylic acids is 1. The van der Waals surface area contributed by atoms with Crippen molar-refractivity contribution >= 4 is 23.8 Å². The normalized spacial score (nSPS) is 20.3. The number of amides is 1. The molecule has 0 radical (unpaired) electrons. The highest BCUT2D eigenvalue weighted by molar-refractivity contribution is 5.91. The summed E-state index contributed by atoms with van der Waals surface area (Å²) in [5.74, 6) is -6.46. The molecular weight excluding hydrogens is 552 g/mol. The molecule has 2 atom stereocenters. The van der Waals surface area contributed by atoms with E-state index < -0.39 is 36.2 Å². The van der Waals surface area contributed by atoms with E-state index in [1.54, 1.807) is 24.1 Å². The van der Waals surface area contributed by atoms with Gasteiger partial charge in [0.1, 0.15) is 0 Å². The van der Waals surface area contributed by atoms with Crippen molar-refractivity contribution in [3.63, 3.8) is 0 Å². The largest absolute Gasteiger partial charge is 0.490 e. The van der Waals surface area contributed by atoms with Gasteiger partial charge in [-0.15, -0.1) is 0 Å². The van der Waals surface area contributed by atoms with E-state index in [1.165, 1.54) is 6.26 Å². The molecule has 2 fully saturated rings. The monoisotopic (exact) mass is 579 g/mol. The number of hydrogen-bond acceptors (Lipinski definition) is 8. The van der Waals surface area contributed by atoms with Crippen LogP contribution in [0.2, 0.25) is 0 Å². The Hall–Kier alpha value is -3.38. The zero-order chi connectivity index (χ0) is 30.0. The Bertz CT molecular complexity index is 932. The maximum Gasteiger partial charge on any atom is 0.490 e. The van der Waals surface area contributed by atoms with E-state index >= 15 is 0 Å². The molecule has 1 aromatic heterocycles. The summed E-state index contributed by atoms with van der Waals surface area (Å²) in [7, 11) is 1.64. The second kappa shape index (κ2) is 14.7.